The highest BCUT2D eigenvalue weighted by Crippen LogP contribution is 2.63. The van der Waals surface area contributed by atoms with Crippen molar-refractivity contribution in [2.24, 2.45) is 17.8 Å². The minimum atomic E-state index is -0.446. The zero-order valence-corrected chi connectivity index (χ0v) is 19.0. The van der Waals surface area contributed by atoms with Gasteiger partial charge in [0.1, 0.15) is 0 Å². The Bertz CT molecular complexity index is 1290. The molecule has 6 heteroatoms. The van der Waals surface area contributed by atoms with Crippen molar-refractivity contribution < 1.29 is 9.72 Å². The molecule has 6 rings (SSSR count). The molecule has 1 amide bonds. The van der Waals surface area contributed by atoms with Crippen LogP contribution < -0.4 is 10.6 Å². The molecule has 2 fully saturated rings. The van der Waals surface area contributed by atoms with E-state index in [-0.39, 0.29) is 11.6 Å². The Hall–Kier alpha value is -3.67. The molecule has 3 aliphatic rings. The Balaban J connectivity index is 1.33. The van der Waals surface area contributed by atoms with Crippen LogP contribution in [-0.4, -0.2) is 10.8 Å². The number of nitrogens with zero attached hydrogens (tertiary/aromatic N) is 1. The van der Waals surface area contributed by atoms with Gasteiger partial charge in [-0.1, -0.05) is 36.4 Å². The summed E-state index contributed by atoms with van der Waals surface area (Å²) in [6.07, 6.45) is 3.82. The van der Waals surface area contributed by atoms with E-state index < -0.39 is 4.92 Å². The van der Waals surface area contributed by atoms with Gasteiger partial charge in [-0.3, -0.25) is 14.9 Å². The van der Waals surface area contributed by atoms with E-state index in [2.05, 4.69) is 41.0 Å². The second kappa shape index (κ2) is 7.97. The lowest BCUT2D eigenvalue weighted by Gasteiger charge is -2.43. The number of aryl methyl sites for hydroxylation is 1. The summed E-state index contributed by atoms with van der Waals surface area (Å²) in [5, 5.41) is 17.9. The summed E-state index contributed by atoms with van der Waals surface area (Å²) in [7, 11) is 0. The summed E-state index contributed by atoms with van der Waals surface area (Å²) in [6, 6.07) is 21.5. The fraction of sp³-hybridized carbons (Fsp3) is 0.321. The van der Waals surface area contributed by atoms with Gasteiger partial charge in [-0.2, -0.15) is 0 Å². The second-order valence-electron chi connectivity index (χ2n) is 9.98. The molecule has 2 saturated carbocycles. The minimum absolute atomic E-state index is 0.0349. The number of nitro benzene ring substituents is 1. The topological polar surface area (TPSA) is 84.3 Å². The quantitative estimate of drug-likeness (QED) is 0.351. The van der Waals surface area contributed by atoms with Crippen LogP contribution in [0.4, 0.5) is 17.1 Å². The lowest BCUT2D eigenvalue weighted by Crippen LogP contribution is -2.35. The third kappa shape index (κ3) is 3.36. The predicted octanol–water partition coefficient (Wildman–Crippen LogP) is 6.45. The number of hydrogen-bond acceptors (Lipinski definition) is 4. The number of fused-ring (bicyclic) bond motifs is 7. The van der Waals surface area contributed by atoms with E-state index in [0.717, 1.165) is 11.3 Å². The molecule has 0 aromatic heterocycles. The molecule has 0 spiro atoms. The van der Waals surface area contributed by atoms with Gasteiger partial charge in [0.05, 0.1) is 16.7 Å². The van der Waals surface area contributed by atoms with Gasteiger partial charge in [-0.15, -0.1) is 0 Å². The predicted molar refractivity (Wildman–Crippen MR) is 132 cm³/mol. The van der Waals surface area contributed by atoms with Gasteiger partial charge in [0.25, 0.3) is 11.6 Å². The first-order chi connectivity index (χ1) is 16.5. The van der Waals surface area contributed by atoms with E-state index >= 15 is 0 Å². The maximum Gasteiger partial charge on any atom is 0.271 e. The molecule has 1 aliphatic heterocycles. The molecule has 172 valence electrons. The molecule has 0 unspecified atom stereocenters. The van der Waals surface area contributed by atoms with Crippen molar-refractivity contribution in [1.82, 2.24) is 0 Å². The number of carbonyl (C=O) groups is 1. The maximum absolute atomic E-state index is 13.2. The monoisotopic (exact) mass is 453 g/mol. The number of nitrogens with one attached hydrogen (secondary N) is 2. The first-order valence-corrected chi connectivity index (χ1v) is 12.0. The number of hydrogen-bond donors (Lipinski definition) is 2. The second-order valence-corrected chi connectivity index (χ2v) is 9.98. The van der Waals surface area contributed by atoms with Gasteiger partial charge < -0.3 is 10.6 Å². The third-order valence-electron chi connectivity index (χ3n) is 8.19. The van der Waals surface area contributed by atoms with E-state index in [4.69, 9.17) is 0 Å². The molecule has 0 radical (unpaired) electrons. The summed E-state index contributed by atoms with van der Waals surface area (Å²) >= 11 is 0. The molecular formula is C28H27N3O3. The normalized spacial score (nSPS) is 26.3. The molecular weight excluding hydrogens is 426 g/mol. The van der Waals surface area contributed by atoms with Crippen molar-refractivity contribution in [3.8, 4) is 0 Å². The number of nitro groups is 1. The molecule has 0 saturated heterocycles. The number of non-ortho nitro benzene ring substituents is 1. The van der Waals surface area contributed by atoms with E-state index in [1.165, 1.54) is 42.5 Å². The third-order valence-corrected chi connectivity index (χ3v) is 8.19. The Morgan fingerprint density at radius 2 is 1.82 bits per heavy atom. The average molecular weight is 454 g/mol. The first-order valence-electron chi connectivity index (χ1n) is 12.0. The summed E-state index contributed by atoms with van der Waals surface area (Å²) in [5.74, 6) is 2.13. The zero-order chi connectivity index (χ0) is 23.4. The average Bonchev–Trinajstić information content (AvgIpc) is 3.48. The molecule has 34 heavy (non-hydrogen) atoms. The van der Waals surface area contributed by atoms with Gasteiger partial charge in [-0.05, 0) is 84.7 Å². The highest BCUT2D eigenvalue weighted by molar-refractivity contribution is 6.05. The van der Waals surface area contributed by atoms with Crippen LogP contribution in [0.15, 0.2) is 66.7 Å². The van der Waals surface area contributed by atoms with Crippen LogP contribution in [-0.2, 0) is 0 Å². The number of benzene rings is 3. The summed E-state index contributed by atoms with van der Waals surface area (Å²) in [6.45, 7) is 1.83. The lowest BCUT2D eigenvalue weighted by atomic mass is 9.68. The van der Waals surface area contributed by atoms with Crippen LogP contribution in [0.3, 0.4) is 0 Å². The van der Waals surface area contributed by atoms with E-state index in [9.17, 15) is 14.9 Å². The molecule has 3 aromatic carbocycles. The van der Waals surface area contributed by atoms with Crippen molar-refractivity contribution in [1.29, 1.82) is 0 Å². The molecule has 2 aliphatic carbocycles. The van der Waals surface area contributed by atoms with Gasteiger partial charge in [0.2, 0.25) is 0 Å². The van der Waals surface area contributed by atoms with Crippen LogP contribution in [0, 0.1) is 34.8 Å². The fourth-order valence-corrected chi connectivity index (χ4v) is 6.67. The fourth-order valence-electron chi connectivity index (χ4n) is 6.67. The number of anilines is 2. The highest BCUT2D eigenvalue weighted by atomic mass is 16.6. The van der Waals surface area contributed by atoms with E-state index in [1.54, 1.807) is 6.07 Å². The summed E-state index contributed by atoms with van der Waals surface area (Å²) in [5.41, 5.74) is 5.50. The van der Waals surface area contributed by atoms with Crippen molar-refractivity contribution in [3.63, 3.8) is 0 Å². The van der Waals surface area contributed by atoms with Gasteiger partial charge in [0, 0.05) is 23.4 Å². The maximum atomic E-state index is 13.2. The van der Waals surface area contributed by atoms with Crippen LogP contribution >= 0.6 is 0 Å². The van der Waals surface area contributed by atoms with Gasteiger partial charge in [-0.25, -0.2) is 0 Å². The van der Waals surface area contributed by atoms with Crippen LogP contribution in [0.1, 0.15) is 58.3 Å². The highest BCUT2D eigenvalue weighted by Gasteiger charge is 2.53. The molecule has 6 nitrogen and oxygen atoms in total. The van der Waals surface area contributed by atoms with Crippen molar-refractivity contribution in [2.75, 3.05) is 10.6 Å². The molecule has 2 bridgehead atoms. The summed E-state index contributed by atoms with van der Waals surface area (Å²) < 4.78 is 0. The first kappa shape index (κ1) is 20.9. The Morgan fingerprint density at radius 1 is 1.03 bits per heavy atom. The Morgan fingerprint density at radius 3 is 2.62 bits per heavy atom. The van der Waals surface area contributed by atoms with Crippen molar-refractivity contribution >= 4 is 23.0 Å². The van der Waals surface area contributed by atoms with Gasteiger partial charge in [0.15, 0.2) is 0 Å². The van der Waals surface area contributed by atoms with E-state index in [1.807, 2.05) is 25.1 Å². The lowest BCUT2D eigenvalue weighted by molar-refractivity contribution is -0.384. The largest absolute Gasteiger partial charge is 0.378 e. The Kier molecular flexibility index (Phi) is 4.90. The van der Waals surface area contributed by atoms with Crippen molar-refractivity contribution in [3.05, 3.63) is 99.1 Å². The van der Waals surface area contributed by atoms with E-state index in [0.29, 0.717) is 41.0 Å². The zero-order valence-electron chi connectivity index (χ0n) is 19.0. The SMILES string of the molecule is Cc1ccc([N+](=O)[O-])cc1NC(=O)c1ccc2c(c1)[C@@H]1[C@H]3CC[C@@H](C3)[C@H]1[C@@H](c1ccccc1)N2. The number of rotatable bonds is 4. The number of carbonyl (C=O) groups excluding carboxylic acids is 1. The van der Waals surface area contributed by atoms with Crippen LogP contribution in [0.2, 0.25) is 0 Å². The van der Waals surface area contributed by atoms with Gasteiger partial charge >= 0.3 is 0 Å². The standard InChI is InChI=1S/C28H27N3O3/c1-16-7-11-21(31(33)34)15-24(16)30-28(32)20-10-12-23-22(14-20)25-18-8-9-19(13-18)26(25)27(29-23)17-5-3-2-4-6-17/h2-7,10-12,14-15,18-19,25-27,29H,8-9,13H2,1H3,(H,30,32)/t18-,19-,25-,26+,27+/m0/s1. The Labute approximate surface area is 198 Å². The van der Waals surface area contributed by atoms with Crippen LogP contribution in [0.25, 0.3) is 0 Å². The molecule has 2 N–H and O–H groups in total. The number of amides is 1. The molecule has 5 atom stereocenters. The molecule has 1 heterocycles. The summed E-state index contributed by atoms with van der Waals surface area (Å²) in [4.78, 5) is 23.9. The smallest absolute Gasteiger partial charge is 0.271 e. The van der Waals surface area contributed by atoms with Crippen molar-refractivity contribution in [2.45, 2.75) is 38.1 Å². The minimum Gasteiger partial charge on any atom is -0.378 e. The van der Waals surface area contributed by atoms with Crippen LogP contribution in [0.5, 0.6) is 0 Å². The molecule has 3 aromatic rings.